The molecule has 2 rings (SSSR count). The van der Waals surface area contributed by atoms with Gasteiger partial charge >= 0.3 is 0 Å². The van der Waals surface area contributed by atoms with Gasteiger partial charge in [0.05, 0.1) is 6.04 Å². The number of rotatable bonds is 3. The monoisotopic (exact) mass is 231 g/mol. The first kappa shape index (κ1) is 11.8. The van der Waals surface area contributed by atoms with Gasteiger partial charge in [-0.1, -0.05) is 29.3 Å². The molecule has 2 N–H and O–H groups in total. The van der Waals surface area contributed by atoms with Crippen molar-refractivity contribution in [2.75, 3.05) is 0 Å². The molecule has 1 heterocycles. The highest BCUT2D eigenvalue weighted by Crippen LogP contribution is 2.22. The molecule has 0 radical (unpaired) electrons. The largest absolute Gasteiger partial charge is 0.334 e. The van der Waals surface area contributed by atoms with Gasteiger partial charge in [-0.05, 0) is 32.4 Å². The Morgan fingerprint density at radius 2 is 1.88 bits per heavy atom. The van der Waals surface area contributed by atoms with E-state index in [0.29, 0.717) is 11.7 Å². The van der Waals surface area contributed by atoms with Crippen molar-refractivity contribution in [3.8, 4) is 11.5 Å². The van der Waals surface area contributed by atoms with E-state index in [9.17, 15) is 0 Å². The Balaban J connectivity index is 2.36. The van der Waals surface area contributed by atoms with Gasteiger partial charge in [0.2, 0.25) is 0 Å². The minimum atomic E-state index is -0.154. The first-order valence-electron chi connectivity index (χ1n) is 5.78. The molecule has 0 amide bonds. The first-order valence-corrected chi connectivity index (χ1v) is 5.78. The molecule has 0 saturated carbocycles. The molecule has 4 heteroatoms. The minimum absolute atomic E-state index is 0.154. The SMILES string of the molecule is CCC(N)c1noc(-c2cc(C)cc(C)c2)n1. The van der Waals surface area contributed by atoms with E-state index >= 15 is 0 Å². The van der Waals surface area contributed by atoms with Crippen molar-refractivity contribution in [3.63, 3.8) is 0 Å². The molecular formula is C13H17N3O. The summed E-state index contributed by atoms with van der Waals surface area (Å²) in [6, 6.07) is 6.01. The van der Waals surface area contributed by atoms with Crippen molar-refractivity contribution in [2.45, 2.75) is 33.2 Å². The number of benzene rings is 1. The van der Waals surface area contributed by atoms with Crippen molar-refractivity contribution >= 4 is 0 Å². The smallest absolute Gasteiger partial charge is 0.257 e. The van der Waals surface area contributed by atoms with Crippen LogP contribution in [0.1, 0.15) is 36.3 Å². The van der Waals surface area contributed by atoms with Crippen LogP contribution in [0.3, 0.4) is 0 Å². The van der Waals surface area contributed by atoms with Crippen LogP contribution in [0, 0.1) is 13.8 Å². The highest BCUT2D eigenvalue weighted by molar-refractivity contribution is 5.55. The lowest BCUT2D eigenvalue weighted by molar-refractivity contribution is 0.415. The summed E-state index contributed by atoms with van der Waals surface area (Å²) >= 11 is 0. The average molecular weight is 231 g/mol. The second-order valence-electron chi connectivity index (χ2n) is 4.35. The van der Waals surface area contributed by atoms with Crippen molar-refractivity contribution in [1.82, 2.24) is 10.1 Å². The number of hydrogen-bond acceptors (Lipinski definition) is 4. The highest BCUT2D eigenvalue weighted by atomic mass is 16.5. The Morgan fingerprint density at radius 1 is 1.24 bits per heavy atom. The van der Waals surface area contributed by atoms with Crippen LogP contribution in [0.4, 0.5) is 0 Å². The van der Waals surface area contributed by atoms with Crippen molar-refractivity contribution in [3.05, 3.63) is 35.2 Å². The molecule has 0 aliphatic heterocycles. The van der Waals surface area contributed by atoms with Gasteiger partial charge < -0.3 is 10.3 Å². The summed E-state index contributed by atoms with van der Waals surface area (Å²) in [6.07, 6.45) is 0.797. The summed E-state index contributed by atoms with van der Waals surface area (Å²) in [5.41, 5.74) is 9.17. The van der Waals surface area contributed by atoms with Gasteiger partial charge in [-0.2, -0.15) is 4.98 Å². The molecule has 1 atom stereocenters. The van der Waals surface area contributed by atoms with Gasteiger partial charge in [-0.25, -0.2) is 0 Å². The fraction of sp³-hybridized carbons (Fsp3) is 0.385. The van der Waals surface area contributed by atoms with E-state index in [1.165, 1.54) is 11.1 Å². The van der Waals surface area contributed by atoms with Crippen LogP contribution in [-0.2, 0) is 0 Å². The number of aromatic nitrogens is 2. The summed E-state index contributed by atoms with van der Waals surface area (Å²) in [7, 11) is 0. The van der Waals surface area contributed by atoms with Gasteiger partial charge in [0, 0.05) is 5.56 Å². The van der Waals surface area contributed by atoms with Crippen LogP contribution in [0.15, 0.2) is 22.7 Å². The third-order valence-corrected chi connectivity index (χ3v) is 2.68. The Hall–Kier alpha value is -1.68. The molecule has 0 fully saturated rings. The summed E-state index contributed by atoms with van der Waals surface area (Å²) in [5.74, 6) is 1.11. The molecule has 0 aliphatic carbocycles. The number of hydrogen-bond donors (Lipinski definition) is 1. The van der Waals surface area contributed by atoms with E-state index in [1.54, 1.807) is 0 Å². The van der Waals surface area contributed by atoms with Crippen LogP contribution in [0.25, 0.3) is 11.5 Å². The fourth-order valence-corrected chi connectivity index (χ4v) is 1.78. The normalized spacial score (nSPS) is 12.7. The Kier molecular flexibility index (Phi) is 3.24. The number of aryl methyl sites for hydroxylation is 2. The van der Waals surface area contributed by atoms with Gasteiger partial charge in [-0.3, -0.25) is 0 Å². The predicted octanol–water partition coefficient (Wildman–Crippen LogP) is 2.76. The van der Waals surface area contributed by atoms with E-state index in [4.69, 9.17) is 10.3 Å². The maximum atomic E-state index is 5.86. The second kappa shape index (κ2) is 4.67. The zero-order chi connectivity index (χ0) is 12.4. The molecule has 0 bridgehead atoms. The van der Waals surface area contributed by atoms with Gasteiger partial charge in [0.1, 0.15) is 0 Å². The van der Waals surface area contributed by atoms with E-state index in [0.717, 1.165) is 12.0 Å². The van der Waals surface area contributed by atoms with E-state index in [-0.39, 0.29) is 6.04 Å². The molecular weight excluding hydrogens is 214 g/mol. The third kappa shape index (κ3) is 2.53. The van der Waals surface area contributed by atoms with Crippen LogP contribution >= 0.6 is 0 Å². The third-order valence-electron chi connectivity index (χ3n) is 2.68. The Morgan fingerprint density at radius 3 is 2.47 bits per heavy atom. The van der Waals surface area contributed by atoms with Crippen molar-refractivity contribution in [2.24, 2.45) is 5.73 Å². The molecule has 90 valence electrons. The maximum Gasteiger partial charge on any atom is 0.257 e. The van der Waals surface area contributed by atoms with Crippen LogP contribution in [0.2, 0.25) is 0 Å². The topological polar surface area (TPSA) is 64.9 Å². The summed E-state index contributed by atoms with van der Waals surface area (Å²) in [4.78, 5) is 4.33. The molecule has 0 saturated heterocycles. The molecule has 1 unspecified atom stereocenters. The molecule has 17 heavy (non-hydrogen) atoms. The molecule has 0 aliphatic rings. The highest BCUT2D eigenvalue weighted by Gasteiger charge is 2.13. The van der Waals surface area contributed by atoms with Gasteiger partial charge in [0.15, 0.2) is 5.82 Å². The van der Waals surface area contributed by atoms with E-state index in [2.05, 4.69) is 16.2 Å². The van der Waals surface area contributed by atoms with Gasteiger partial charge in [0.25, 0.3) is 5.89 Å². The Labute approximate surface area is 101 Å². The number of nitrogens with zero attached hydrogens (tertiary/aromatic N) is 2. The van der Waals surface area contributed by atoms with Gasteiger partial charge in [-0.15, -0.1) is 0 Å². The average Bonchev–Trinajstić information content (AvgIpc) is 2.76. The lowest BCUT2D eigenvalue weighted by Crippen LogP contribution is -2.10. The van der Waals surface area contributed by atoms with E-state index in [1.807, 2.05) is 32.9 Å². The zero-order valence-electron chi connectivity index (χ0n) is 10.4. The lowest BCUT2D eigenvalue weighted by atomic mass is 10.1. The molecule has 1 aromatic heterocycles. The van der Waals surface area contributed by atoms with Crippen LogP contribution in [0.5, 0.6) is 0 Å². The quantitative estimate of drug-likeness (QED) is 0.882. The maximum absolute atomic E-state index is 5.86. The molecule has 2 aromatic rings. The standard InChI is InChI=1S/C13H17N3O/c1-4-11(14)12-15-13(17-16-12)10-6-8(2)5-9(3)7-10/h5-7,11H,4,14H2,1-3H3. The first-order chi connectivity index (χ1) is 8.10. The zero-order valence-corrected chi connectivity index (χ0v) is 10.4. The summed E-state index contributed by atoms with van der Waals surface area (Å²) < 4.78 is 5.24. The number of nitrogens with two attached hydrogens (primary N) is 1. The molecule has 1 aromatic carbocycles. The molecule has 0 spiro atoms. The summed E-state index contributed by atoms with van der Waals surface area (Å²) in [5, 5.41) is 3.91. The van der Waals surface area contributed by atoms with Crippen LogP contribution in [-0.4, -0.2) is 10.1 Å². The summed E-state index contributed by atoms with van der Waals surface area (Å²) in [6.45, 7) is 6.09. The lowest BCUT2D eigenvalue weighted by Gasteiger charge is -2.00. The van der Waals surface area contributed by atoms with Crippen LogP contribution < -0.4 is 5.73 Å². The van der Waals surface area contributed by atoms with Crippen molar-refractivity contribution < 1.29 is 4.52 Å². The second-order valence-corrected chi connectivity index (χ2v) is 4.35. The minimum Gasteiger partial charge on any atom is -0.334 e. The molecule has 4 nitrogen and oxygen atoms in total. The predicted molar refractivity (Wildman–Crippen MR) is 66.4 cm³/mol. The van der Waals surface area contributed by atoms with E-state index < -0.39 is 0 Å². The Bertz CT molecular complexity index is 499. The fourth-order valence-electron chi connectivity index (χ4n) is 1.78. The van der Waals surface area contributed by atoms with Crippen molar-refractivity contribution in [1.29, 1.82) is 0 Å².